The van der Waals surface area contributed by atoms with E-state index in [1.807, 2.05) is 10.3 Å². The standard InChI is InChI=1S/C23H19F3N4O4/c1-13-7-10-15(11-8-13)30-18-17(19(32)28-21(30)34)22(20(33)27-18,23(24,25)26)29-16(31)12-9-14-5-3-2-4-6-14/h2-8,10-11H,9,12H2,1H3,(H,27,33)(H,29,31)(H,28,32,34). The summed E-state index contributed by atoms with van der Waals surface area (Å²) in [5, 5.41) is 3.75. The van der Waals surface area contributed by atoms with Crippen LogP contribution in [0.25, 0.3) is 5.69 Å². The van der Waals surface area contributed by atoms with Gasteiger partial charge in [0.2, 0.25) is 11.4 Å². The first kappa shape index (κ1) is 23.0. The number of fused-ring (bicyclic) bond motifs is 1. The third kappa shape index (κ3) is 3.78. The lowest BCUT2D eigenvalue weighted by molar-refractivity contribution is -0.200. The average molecular weight is 472 g/mol. The van der Waals surface area contributed by atoms with Gasteiger partial charge in [0.25, 0.3) is 11.5 Å². The second-order valence-corrected chi connectivity index (χ2v) is 7.89. The molecule has 0 radical (unpaired) electrons. The molecule has 2 aromatic carbocycles. The van der Waals surface area contributed by atoms with Crippen LogP contribution in [0.4, 0.5) is 19.0 Å². The summed E-state index contributed by atoms with van der Waals surface area (Å²) in [6.07, 6.45) is -5.62. The number of hydrogen-bond acceptors (Lipinski definition) is 4. The van der Waals surface area contributed by atoms with Crippen molar-refractivity contribution in [3.63, 3.8) is 0 Å². The number of rotatable bonds is 5. The highest BCUT2D eigenvalue weighted by molar-refractivity contribution is 6.07. The number of hydrogen-bond donors (Lipinski definition) is 3. The molecule has 1 aliphatic rings. The number of alkyl halides is 3. The molecule has 11 heteroatoms. The van der Waals surface area contributed by atoms with E-state index < -0.39 is 46.2 Å². The molecule has 0 aliphatic carbocycles. The van der Waals surface area contributed by atoms with E-state index in [1.54, 1.807) is 54.7 Å². The van der Waals surface area contributed by atoms with Crippen LogP contribution in [0, 0.1) is 6.92 Å². The topological polar surface area (TPSA) is 113 Å². The predicted molar refractivity (Wildman–Crippen MR) is 117 cm³/mol. The summed E-state index contributed by atoms with van der Waals surface area (Å²) in [5.41, 5.74) is -5.58. The van der Waals surface area contributed by atoms with Gasteiger partial charge in [-0.25, -0.2) is 9.36 Å². The van der Waals surface area contributed by atoms with Crippen LogP contribution in [-0.4, -0.2) is 27.5 Å². The predicted octanol–water partition coefficient (Wildman–Crippen LogP) is 2.29. The highest BCUT2D eigenvalue weighted by atomic mass is 19.4. The Morgan fingerprint density at radius 1 is 1.03 bits per heavy atom. The number of anilines is 1. The van der Waals surface area contributed by atoms with Crippen LogP contribution < -0.4 is 21.9 Å². The van der Waals surface area contributed by atoms with Gasteiger partial charge in [-0.05, 0) is 31.0 Å². The summed E-state index contributed by atoms with van der Waals surface area (Å²) in [6, 6.07) is 14.7. The zero-order valence-corrected chi connectivity index (χ0v) is 17.8. The van der Waals surface area contributed by atoms with Gasteiger partial charge in [0.05, 0.1) is 5.69 Å². The molecule has 1 atom stereocenters. The molecule has 34 heavy (non-hydrogen) atoms. The molecule has 2 heterocycles. The van der Waals surface area contributed by atoms with E-state index in [0.717, 1.165) is 10.1 Å². The molecule has 4 rings (SSSR count). The van der Waals surface area contributed by atoms with Crippen molar-refractivity contribution in [1.82, 2.24) is 14.9 Å². The van der Waals surface area contributed by atoms with Gasteiger partial charge in [-0.2, -0.15) is 13.2 Å². The van der Waals surface area contributed by atoms with Crippen molar-refractivity contribution >= 4 is 17.6 Å². The van der Waals surface area contributed by atoms with Crippen molar-refractivity contribution in [3.8, 4) is 5.69 Å². The maximum Gasteiger partial charge on any atom is 0.425 e. The van der Waals surface area contributed by atoms with Crippen molar-refractivity contribution in [2.75, 3.05) is 5.32 Å². The van der Waals surface area contributed by atoms with Crippen molar-refractivity contribution in [2.24, 2.45) is 0 Å². The summed E-state index contributed by atoms with van der Waals surface area (Å²) in [4.78, 5) is 52.4. The van der Waals surface area contributed by atoms with Crippen molar-refractivity contribution < 1.29 is 22.8 Å². The first-order valence-corrected chi connectivity index (χ1v) is 10.2. The van der Waals surface area contributed by atoms with E-state index in [9.17, 15) is 32.3 Å². The molecule has 0 bridgehead atoms. The van der Waals surface area contributed by atoms with Crippen LogP contribution in [-0.2, 0) is 21.5 Å². The van der Waals surface area contributed by atoms with E-state index in [1.165, 1.54) is 12.1 Å². The fourth-order valence-corrected chi connectivity index (χ4v) is 3.89. The molecule has 0 spiro atoms. The Kier molecular flexibility index (Phi) is 5.64. The monoisotopic (exact) mass is 472 g/mol. The van der Waals surface area contributed by atoms with E-state index in [4.69, 9.17) is 0 Å². The number of H-pyrrole nitrogens is 1. The van der Waals surface area contributed by atoms with Gasteiger partial charge in [-0.1, -0.05) is 48.0 Å². The molecular formula is C23H19F3N4O4. The Labute approximate surface area is 190 Å². The lowest BCUT2D eigenvalue weighted by Gasteiger charge is -2.30. The SMILES string of the molecule is Cc1ccc(-n2c3c(c(=O)[nH]c2=O)C(NC(=O)CCc2ccccc2)(C(F)(F)F)C(=O)N3)cc1. The number of nitrogens with one attached hydrogen (secondary N) is 3. The number of aromatic nitrogens is 2. The lowest BCUT2D eigenvalue weighted by Crippen LogP contribution is -2.62. The van der Waals surface area contributed by atoms with Crippen LogP contribution in [0.5, 0.6) is 0 Å². The van der Waals surface area contributed by atoms with Crippen LogP contribution in [0.2, 0.25) is 0 Å². The van der Waals surface area contributed by atoms with Gasteiger partial charge in [-0.3, -0.25) is 19.4 Å². The molecule has 1 unspecified atom stereocenters. The van der Waals surface area contributed by atoms with Crippen LogP contribution in [0.3, 0.4) is 0 Å². The number of aromatic amines is 1. The third-order valence-corrected chi connectivity index (χ3v) is 5.59. The van der Waals surface area contributed by atoms with E-state index in [2.05, 4.69) is 0 Å². The second kappa shape index (κ2) is 8.32. The fourth-order valence-electron chi connectivity index (χ4n) is 3.89. The first-order chi connectivity index (χ1) is 16.0. The number of nitrogens with zero attached hydrogens (tertiary/aromatic N) is 1. The summed E-state index contributed by atoms with van der Waals surface area (Å²) < 4.78 is 44.0. The molecule has 0 fully saturated rings. The summed E-state index contributed by atoms with van der Waals surface area (Å²) >= 11 is 0. The Balaban J connectivity index is 1.82. The molecule has 0 saturated carbocycles. The number of carbonyl (C=O) groups is 2. The van der Waals surface area contributed by atoms with Crippen molar-refractivity contribution in [2.45, 2.75) is 31.5 Å². The minimum Gasteiger partial charge on any atom is -0.330 e. The maximum atomic E-state index is 14.4. The Morgan fingerprint density at radius 3 is 2.29 bits per heavy atom. The molecule has 3 N–H and O–H groups in total. The third-order valence-electron chi connectivity index (χ3n) is 5.59. The first-order valence-electron chi connectivity index (χ1n) is 10.2. The molecule has 1 aliphatic heterocycles. The van der Waals surface area contributed by atoms with Crippen molar-refractivity contribution in [3.05, 3.63) is 92.1 Å². The zero-order chi connectivity index (χ0) is 24.7. The van der Waals surface area contributed by atoms with Crippen molar-refractivity contribution in [1.29, 1.82) is 0 Å². The number of benzene rings is 2. The normalized spacial score (nSPS) is 17.2. The summed E-state index contributed by atoms with van der Waals surface area (Å²) in [5.74, 6) is -3.42. The second-order valence-electron chi connectivity index (χ2n) is 7.89. The van der Waals surface area contributed by atoms with E-state index in [0.29, 0.717) is 5.56 Å². The Morgan fingerprint density at radius 2 is 1.68 bits per heavy atom. The number of carbonyl (C=O) groups excluding carboxylic acids is 2. The van der Waals surface area contributed by atoms with Gasteiger partial charge in [-0.15, -0.1) is 0 Å². The fraction of sp³-hybridized carbons (Fsp3) is 0.217. The molecular weight excluding hydrogens is 453 g/mol. The lowest BCUT2D eigenvalue weighted by atomic mass is 9.91. The summed E-state index contributed by atoms with van der Waals surface area (Å²) in [6.45, 7) is 1.77. The number of halogens is 3. The van der Waals surface area contributed by atoms with Gasteiger partial charge in [0, 0.05) is 6.42 Å². The smallest absolute Gasteiger partial charge is 0.330 e. The highest BCUT2D eigenvalue weighted by Gasteiger charge is 2.68. The number of aryl methyl sites for hydroxylation is 2. The van der Waals surface area contributed by atoms with E-state index >= 15 is 0 Å². The zero-order valence-electron chi connectivity index (χ0n) is 17.8. The molecule has 176 valence electrons. The number of amides is 2. The highest BCUT2D eigenvalue weighted by Crippen LogP contribution is 2.45. The van der Waals surface area contributed by atoms with Gasteiger partial charge in [0.15, 0.2) is 0 Å². The molecule has 1 aromatic heterocycles. The minimum atomic E-state index is -5.38. The van der Waals surface area contributed by atoms with Gasteiger partial charge < -0.3 is 10.6 Å². The largest absolute Gasteiger partial charge is 0.425 e. The Bertz CT molecular complexity index is 1380. The van der Waals surface area contributed by atoms with Gasteiger partial charge >= 0.3 is 11.9 Å². The van der Waals surface area contributed by atoms with Crippen LogP contribution in [0.1, 0.15) is 23.1 Å². The average Bonchev–Trinajstić information content (AvgIpc) is 3.07. The quantitative estimate of drug-likeness (QED) is 0.529. The molecule has 2 amide bonds. The summed E-state index contributed by atoms with van der Waals surface area (Å²) in [7, 11) is 0. The molecule has 8 nitrogen and oxygen atoms in total. The minimum absolute atomic E-state index is 0.119. The Hall–Kier alpha value is -4.15. The maximum absolute atomic E-state index is 14.4. The van der Waals surface area contributed by atoms with Crippen LogP contribution >= 0.6 is 0 Å². The van der Waals surface area contributed by atoms with E-state index in [-0.39, 0.29) is 18.5 Å². The van der Waals surface area contributed by atoms with Gasteiger partial charge in [0.1, 0.15) is 11.4 Å². The molecule has 3 aromatic rings. The van der Waals surface area contributed by atoms with Crippen LogP contribution in [0.15, 0.2) is 64.2 Å². The molecule has 0 saturated heterocycles.